The molecule has 2 heterocycles. The first-order valence-electron chi connectivity index (χ1n) is 9.06. The maximum Gasteiger partial charge on any atom is 0.335 e. The van der Waals surface area contributed by atoms with Crippen molar-refractivity contribution in [2.24, 2.45) is 0 Å². The molecule has 140 valence electrons. The summed E-state index contributed by atoms with van der Waals surface area (Å²) in [4.78, 5) is 23.0. The van der Waals surface area contributed by atoms with E-state index in [2.05, 4.69) is 30.4 Å². The first kappa shape index (κ1) is 18.1. The zero-order valence-corrected chi connectivity index (χ0v) is 16.2. The largest absolute Gasteiger partial charge is 0.478 e. The van der Waals surface area contributed by atoms with Crippen LogP contribution in [-0.4, -0.2) is 21.0 Å². The van der Waals surface area contributed by atoms with Crippen LogP contribution < -0.4 is 5.32 Å². The van der Waals surface area contributed by atoms with Crippen LogP contribution in [0.2, 0.25) is 0 Å². The van der Waals surface area contributed by atoms with Crippen molar-refractivity contribution in [2.75, 3.05) is 5.32 Å². The Morgan fingerprint density at radius 3 is 2.64 bits per heavy atom. The summed E-state index contributed by atoms with van der Waals surface area (Å²) in [6, 6.07) is 19.0. The number of nitrogens with one attached hydrogen (secondary N) is 1. The Labute approximate surface area is 166 Å². The third kappa shape index (κ3) is 3.87. The van der Waals surface area contributed by atoms with E-state index in [0.29, 0.717) is 17.9 Å². The second kappa shape index (κ2) is 7.78. The minimum Gasteiger partial charge on any atom is -0.478 e. The Bertz CT molecular complexity index is 1140. The maximum atomic E-state index is 11.3. The normalized spacial score (nSPS) is 10.9. The van der Waals surface area contributed by atoms with Gasteiger partial charge < -0.3 is 10.4 Å². The van der Waals surface area contributed by atoms with Crippen LogP contribution in [0.15, 0.2) is 60.7 Å². The number of anilines is 2. The lowest BCUT2D eigenvalue weighted by atomic mass is 10.1. The molecule has 0 saturated heterocycles. The molecule has 0 fully saturated rings. The van der Waals surface area contributed by atoms with Crippen molar-refractivity contribution in [1.82, 2.24) is 9.97 Å². The molecule has 2 N–H and O–H groups in total. The SMILES string of the molecule is CCc1cc2c(Nc3cccc(C(=O)O)c3)nc(Cc3ccccc3)nc2s1. The summed E-state index contributed by atoms with van der Waals surface area (Å²) in [7, 11) is 0. The predicted molar refractivity (Wildman–Crippen MR) is 113 cm³/mol. The number of hydrogen-bond donors (Lipinski definition) is 2. The molecule has 0 atom stereocenters. The minimum atomic E-state index is -0.954. The fourth-order valence-corrected chi connectivity index (χ4v) is 4.00. The van der Waals surface area contributed by atoms with Crippen molar-refractivity contribution in [2.45, 2.75) is 19.8 Å². The van der Waals surface area contributed by atoms with Crippen molar-refractivity contribution in [3.63, 3.8) is 0 Å². The quantitative estimate of drug-likeness (QED) is 0.469. The van der Waals surface area contributed by atoms with Crippen LogP contribution in [-0.2, 0) is 12.8 Å². The first-order valence-corrected chi connectivity index (χ1v) is 9.87. The van der Waals surface area contributed by atoms with Gasteiger partial charge in [-0.2, -0.15) is 0 Å². The predicted octanol–water partition coefficient (Wildman–Crippen LogP) is 5.29. The molecule has 0 spiro atoms. The Morgan fingerprint density at radius 2 is 1.89 bits per heavy atom. The van der Waals surface area contributed by atoms with E-state index in [9.17, 15) is 9.90 Å². The zero-order valence-electron chi connectivity index (χ0n) is 15.3. The van der Waals surface area contributed by atoms with E-state index in [-0.39, 0.29) is 5.56 Å². The summed E-state index contributed by atoms with van der Waals surface area (Å²) < 4.78 is 0. The standard InChI is InChI=1S/C22H19N3O2S/c1-2-17-13-18-20(23-16-10-6-9-15(12-16)22(26)27)24-19(25-21(18)28-17)11-14-7-4-3-5-8-14/h3-10,12-13H,2,11H2,1H3,(H,26,27)(H,23,24,25). The van der Waals surface area contributed by atoms with Crippen molar-refractivity contribution in [3.8, 4) is 0 Å². The van der Waals surface area contributed by atoms with E-state index in [1.165, 1.54) is 4.88 Å². The monoisotopic (exact) mass is 389 g/mol. The maximum absolute atomic E-state index is 11.3. The molecule has 0 bridgehead atoms. The Morgan fingerprint density at radius 1 is 1.07 bits per heavy atom. The Balaban J connectivity index is 1.75. The van der Waals surface area contributed by atoms with Gasteiger partial charge in [-0.05, 0) is 36.2 Å². The van der Waals surface area contributed by atoms with E-state index in [4.69, 9.17) is 9.97 Å². The number of benzene rings is 2. The molecule has 4 aromatic rings. The number of aromatic carboxylic acids is 1. The van der Waals surface area contributed by atoms with Gasteiger partial charge in [-0.1, -0.05) is 43.3 Å². The Kier molecular flexibility index (Phi) is 5.04. The van der Waals surface area contributed by atoms with E-state index in [1.807, 2.05) is 24.3 Å². The van der Waals surface area contributed by atoms with Gasteiger partial charge in [0.1, 0.15) is 16.5 Å². The summed E-state index contributed by atoms with van der Waals surface area (Å²) in [5.41, 5.74) is 2.07. The van der Waals surface area contributed by atoms with Gasteiger partial charge in [0.05, 0.1) is 10.9 Å². The van der Waals surface area contributed by atoms with Crippen LogP contribution in [0.4, 0.5) is 11.5 Å². The number of nitrogens with zero attached hydrogens (tertiary/aromatic N) is 2. The van der Waals surface area contributed by atoms with Crippen molar-refractivity contribution in [3.05, 3.63) is 82.5 Å². The lowest BCUT2D eigenvalue weighted by Gasteiger charge is -2.10. The Hall–Kier alpha value is -3.25. The van der Waals surface area contributed by atoms with Gasteiger partial charge >= 0.3 is 5.97 Å². The molecular formula is C22H19N3O2S. The minimum absolute atomic E-state index is 0.236. The van der Waals surface area contributed by atoms with Crippen LogP contribution >= 0.6 is 11.3 Å². The summed E-state index contributed by atoms with van der Waals surface area (Å²) in [6.07, 6.45) is 1.57. The number of thiophene rings is 1. The van der Waals surface area contributed by atoms with Gasteiger partial charge in [0.25, 0.3) is 0 Å². The second-order valence-electron chi connectivity index (χ2n) is 6.45. The average molecular weight is 389 g/mol. The van der Waals surface area contributed by atoms with E-state index < -0.39 is 5.97 Å². The van der Waals surface area contributed by atoms with Gasteiger partial charge in [-0.25, -0.2) is 14.8 Å². The highest BCUT2D eigenvalue weighted by Crippen LogP contribution is 2.31. The van der Waals surface area contributed by atoms with E-state index in [0.717, 1.165) is 28.0 Å². The van der Waals surface area contributed by atoms with Crippen LogP contribution in [0.5, 0.6) is 0 Å². The summed E-state index contributed by atoms with van der Waals surface area (Å²) in [5.74, 6) is 0.486. The molecular weight excluding hydrogens is 370 g/mol. The smallest absolute Gasteiger partial charge is 0.335 e. The number of carboxylic acids is 1. The number of aromatic nitrogens is 2. The summed E-state index contributed by atoms with van der Waals surface area (Å²) in [5, 5.41) is 13.5. The number of aryl methyl sites for hydroxylation is 1. The van der Waals surface area contributed by atoms with E-state index in [1.54, 1.807) is 29.5 Å². The fourth-order valence-electron chi connectivity index (χ4n) is 3.01. The molecule has 0 radical (unpaired) electrons. The molecule has 0 unspecified atom stereocenters. The highest BCUT2D eigenvalue weighted by molar-refractivity contribution is 7.18. The van der Waals surface area contributed by atoms with E-state index >= 15 is 0 Å². The van der Waals surface area contributed by atoms with Crippen molar-refractivity contribution in [1.29, 1.82) is 0 Å². The molecule has 6 heteroatoms. The highest BCUT2D eigenvalue weighted by Gasteiger charge is 2.13. The zero-order chi connectivity index (χ0) is 19.5. The number of fused-ring (bicyclic) bond motifs is 1. The molecule has 4 rings (SSSR count). The molecule has 0 aliphatic heterocycles. The topological polar surface area (TPSA) is 75.1 Å². The molecule has 0 amide bonds. The lowest BCUT2D eigenvalue weighted by Crippen LogP contribution is -2.03. The number of rotatable bonds is 6. The van der Waals surface area contributed by atoms with Crippen LogP contribution in [0.1, 0.15) is 33.5 Å². The highest BCUT2D eigenvalue weighted by atomic mass is 32.1. The molecule has 0 saturated carbocycles. The molecule has 2 aromatic heterocycles. The molecule has 0 aliphatic carbocycles. The third-order valence-electron chi connectivity index (χ3n) is 4.42. The van der Waals surface area contributed by atoms with Gasteiger partial charge in [0.15, 0.2) is 0 Å². The lowest BCUT2D eigenvalue weighted by molar-refractivity contribution is 0.0697. The van der Waals surface area contributed by atoms with Gasteiger partial charge in [-0.15, -0.1) is 11.3 Å². The molecule has 0 aliphatic rings. The number of carbonyl (C=O) groups is 1. The van der Waals surface area contributed by atoms with Crippen LogP contribution in [0.3, 0.4) is 0 Å². The van der Waals surface area contributed by atoms with Gasteiger partial charge in [0, 0.05) is 17.0 Å². The average Bonchev–Trinajstić information content (AvgIpc) is 3.12. The molecule has 5 nitrogen and oxygen atoms in total. The molecule has 28 heavy (non-hydrogen) atoms. The third-order valence-corrected chi connectivity index (χ3v) is 5.59. The van der Waals surface area contributed by atoms with Gasteiger partial charge in [-0.3, -0.25) is 0 Å². The van der Waals surface area contributed by atoms with Crippen LogP contribution in [0, 0.1) is 0 Å². The van der Waals surface area contributed by atoms with Crippen molar-refractivity contribution >= 4 is 39.0 Å². The number of carboxylic acid groups (broad SMARTS) is 1. The fraction of sp³-hybridized carbons (Fsp3) is 0.136. The summed E-state index contributed by atoms with van der Waals surface area (Å²) >= 11 is 1.67. The number of hydrogen-bond acceptors (Lipinski definition) is 5. The second-order valence-corrected chi connectivity index (χ2v) is 7.56. The van der Waals surface area contributed by atoms with Crippen molar-refractivity contribution < 1.29 is 9.90 Å². The summed E-state index contributed by atoms with van der Waals surface area (Å²) in [6.45, 7) is 2.12. The first-order chi connectivity index (χ1) is 13.6. The molecule has 2 aromatic carbocycles. The van der Waals surface area contributed by atoms with Crippen LogP contribution in [0.25, 0.3) is 10.2 Å². The van der Waals surface area contributed by atoms with Gasteiger partial charge in [0.2, 0.25) is 0 Å².